The summed E-state index contributed by atoms with van der Waals surface area (Å²) in [6, 6.07) is 20.4. The second-order valence-electron chi connectivity index (χ2n) is 7.00. The average Bonchev–Trinajstić information content (AvgIpc) is 2.70. The van der Waals surface area contributed by atoms with Crippen LogP contribution in [0.15, 0.2) is 76.2 Å². The van der Waals surface area contributed by atoms with E-state index >= 15 is 0 Å². The molecule has 0 amide bonds. The maximum Gasteiger partial charge on any atom is 0.137 e. The summed E-state index contributed by atoms with van der Waals surface area (Å²) in [5.74, 6) is -0.0521. The first-order chi connectivity index (χ1) is 13.5. The van der Waals surface area contributed by atoms with E-state index in [1.54, 1.807) is 18.2 Å². The fraction of sp³-hybridized carbons (Fsp3) is 0.174. The van der Waals surface area contributed by atoms with Gasteiger partial charge in [-0.2, -0.15) is 0 Å². The molecule has 0 fully saturated rings. The van der Waals surface area contributed by atoms with Crippen LogP contribution in [0.4, 0.5) is 4.39 Å². The summed E-state index contributed by atoms with van der Waals surface area (Å²) in [6.45, 7) is 2.05. The Morgan fingerprint density at radius 1 is 1.07 bits per heavy atom. The molecule has 1 heterocycles. The molecule has 142 valence electrons. The van der Waals surface area contributed by atoms with Gasteiger partial charge in [-0.3, -0.25) is 10.3 Å². The molecule has 3 aromatic carbocycles. The molecule has 1 aliphatic rings. The first kappa shape index (κ1) is 18.8. The molecule has 0 saturated heterocycles. The highest BCUT2D eigenvalue weighted by molar-refractivity contribution is 9.10. The summed E-state index contributed by atoms with van der Waals surface area (Å²) < 4.78 is 14.1. The average molecular weight is 439 g/mol. The van der Waals surface area contributed by atoms with Crippen molar-refractivity contribution in [3.05, 3.63) is 99.3 Å². The number of hydrogen-bond donors (Lipinski definition) is 2. The van der Waals surface area contributed by atoms with Crippen molar-refractivity contribution < 1.29 is 9.50 Å². The zero-order valence-corrected chi connectivity index (χ0v) is 16.9. The Bertz CT molecular complexity index is 1030. The zero-order chi connectivity index (χ0) is 19.7. The Kier molecular flexibility index (Phi) is 5.29. The lowest BCUT2D eigenvalue weighted by molar-refractivity contribution is 0.412. The molecular formula is C23H20BrFN2O. The quantitative estimate of drug-likeness (QED) is 0.540. The number of aromatic hydroxyl groups is 1. The van der Waals surface area contributed by atoms with Gasteiger partial charge in [0.1, 0.15) is 17.7 Å². The topological polar surface area (TPSA) is 44.6 Å². The minimum atomic E-state index is -0.341. The normalized spacial score (nSPS) is 19.3. The van der Waals surface area contributed by atoms with Crippen LogP contribution in [0.5, 0.6) is 5.75 Å². The van der Waals surface area contributed by atoms with Crippen LogP contribution in [0, 0.1) is 12.7 Å². The van der Waals surface area contributed by atoms with Crippen LogP contribution < -0.4 is 5.32 Å². The number of aliphatic imine (C=N–C) groups is 1. The van der Waals surface area contributed by atoms with Crippen LogP contribution in [0.3, 0.4) is 0 Å². The largest absolute Gasteiger partial charge is 0.508 e. The molecule has 2 unspecified atom stereocenters. The zero-order valence-electron chi connectivity index (χ0n) is 15.4. The van der Waals surface area contributed by atoms with E-state index in [2.05, 4.69) is 52.4 Å². The van der Waals surface area contributed by atoms with Crippen molar-refractivity contribution in [2.24, 2.45) is 4.99 Å². The van der Waals surface area contributed by atoms with Crippen LogP contribution in [-0.4, -0.2) is 10.8 Å². The summed E-state index contributed by atoms with van der Waals surface area (Å²) in [5, 5.41) is 13.9. The number of nitrogens with one attached hydrogen (secondary N) is 1. The number of halogens is 2. The van der Waals surface area contributed by atoms with E-state index < -0.39 is 0 Å². The molecule has 0 aromatic heterocycles. The highest BCUT2D eigenvalue weighted by atomic mass is 79.9. The molecule has 0 radical (unpaired) electrons. The molecule has 1 aliphatic heterocycles. The standard InChI is InChI=1S/C23H20BrFN2O/c1-14-6-8-15(9-7-14)20-13-21(17-4-2-3-5-22(17)28)27-23(26-20)16-10-11-19(25)18(24)12-16/h2-12,21,23,27-28H,13H2,1H3. The number of aryl methyl sites for hydroxylation is 1. The predicted molar refractivity (Wildman–Crippen MR) is 113 cm³/mol. The molecular weight excluding hydrogens is 419 g/mol. The first-order valence-electron chi connectivity index (χ1n) is 9.14. The van der Waals surface area contributed by atoms with Gasteiger partial charge in [-0.15, -0.1) is 0 Å². The van der Waals surface area contributed by atoms with E-state index in [0.717, 1.165) is 22.4 Å². The van der Waals surface area contributed by atoms with Crippen molar-refractivity contribution in [2.75, 3.05) is 0 Å². The molecule has 4 rings (SSSR count). The van der Waals surface area contributed by atoms with Gasteiger partial charge in [-0.25, -0.2) is 4.39 Å². The van der Waals surface area contributed by atoms with Gasteiger partial charge in [0.05, 0.1) is 4.47 Å². The SMILES string of the molecule is Cc1ccc(C2=NC(c3ccc(F)c(Br)c3)NC(c3ccccc3O)C2)cc1. The molecule has 0 bridgehead atoms. The Balaban J connectivity index is 1.77. The molecule has 0 spiro atoms. The number of hydrogen-bond acceptors (Lipinski definition) is 3. The lowest BCUT2D eigenvalue weighted by Crippen LogP contribution is -2.33. The lowest BCUT2D eigenvalue weighted by Gasteiger charge is -2.31. The number of benzene rings is 3. The minimum absolute atomic E-state index is 0.108. The Morgan fingerprint density at radius 2 is 1.82 bits per heavy atom. The Labute approximate surface area is 172 Å². The number of phenolic OH excluding ortho intramolecular Hbond substituents is 1. The van der Waals surface area contributed by atoms with Crippen molar-refractivity contribution >= 4 is 21.6 Å². The highest BCUT2D eigenvalue weighted by Crippen LogP contribution is 2.35. The molecule has 28 heavy (non-hydrogen) atoms. The van der Waals surface area contributed by atoms with Crippen molar-refractivity contribution in [3.63, 3.8) is 0 Å². The predicted octanol–water partition coefficient (Wildman–Crippen LogP) is 5.82. The third-order valence-corrected chi connectivity index (χ3v) is 5.61. The fourth-order valence-electron chi connectivity index (χ4n) is 3.46. The number of phenols is 1. The number of rotatable bonds is 3. The van der Waals surface area contributed by atoms with Gasteiger partial charge in [-0.1, -0.05) is 54.1 Å². The highest BCUT2D eigenvalue weighted by Gasteiger charge is 2.27. The third kappa shape index (κ3) is 3.86. The van der Waals surface area contributed by atoms with Crippen LogP contribution in [0.25, 0.3) is 0 Å². The van der Waals surface area contributed by atoms with Gasteiger partial charge in [-0.05, 0) is 52.2 Å². The number of para-hydroxylation sites is 1. The summed E-state index contributed by atoms with van der Waals surface area (Å²) in [5.41, 5.74) is 4.89. The second kappa shape index (κ2) is 7.86. The van der Waals surface area contributed by atoms with Gasteiger partial charge >= 0.3 is 0 Å². The summed E-state index contributed by atoms with van der Waals surface area (Å²) in [7, 11) is 0. The van der Waals surface area contributed by atoms with E-state index in [1.807, 2.05) is 18.2 Å². The van der Waals surface area contributed by atoms with Crippen LogP contribution >= 0.6 is 15.9 Å². The van der Waals surface area contributed by atoms with Crippen LogP contribution in [0.2, 0.25) is 0 Å². The number of nitrogens with zero attached hydrogens (tertiary/aromatic N) is 1. The maximum absolute atomic E-state index is 13.7. The lowest BCUT2D eigenvalue weighted by atomic mass is 9.93. The minimum Gasteiger partial charge on any atom is -0.508 e. The van der Waals surface area contributed by atoms with Crippen molar-refractivity contribution in [3.8, 4) is 5.75 Å². The third-order valence-electron chi connectivity index (χ3n) is 5.00. The first-order valence-corrected chi connectivity index (χ1v) is 9.93. The maximum atomic E-state index is 13.7. The van der Waals surface area contributed by atoms with Crippen LogP contribution in [0.1, 0.15) is 40.9 Å². The Hall–Kier alpha value is -2.50. The molecule has 5 heteroatoms. The van der Waals surface area contributed by atoms with Crippen molar-refractivity contribution in [1.29, 1.82) is 0 Å². The van der Waals surface area contributed by atoms with Gasteiger partial charge in [0, 0.05) is 23.7 Å². The Morgan fingerprint density at radius 3 is 2.54 bits per heavy atom. The molecule has 2 N–H and O–H groups in total. The summed E-state index contributed by atoms with van der Waals surface area (Å²) in [4.78, 5) is 4.91. The molecule has 2 atom stereocenters. The van der Waals surface area contributed by atoms with Gasteiger partial charge in [0.25, 0.3) is 0 Å². The van der Waals surface area contributed by atoms with Gasteiger partial charge < -0.3 is 5.11 Å². The summed E-state index contributed by atoms with van der Waals surface area (Å²) in [6.07, 6.45) is 0.311. The van der Waals surface area contributed by atoms with Crippen molar-refractivity contribution in [2.45, 2.75) is 25.6 Å². The van der Waals surface area contributed by atoms with E-state index in [0.29, 0.717) is 10.9 Å². The van der Waals surface area contributed by atoms with E-state index in [9.17, 15) is 9.50 Å². The van der Waals surface area contributed by atoms with E-state index in [1.165, 1.54) is 11.6 Å². The van der Waals surface area contributed by atoms with Crippen molar-refractivity contribution in [1.82, 2.24) is 5.32 Å². The van der Waals surface area contributed by atoms with Gasteiger partial charge in [0.15, 0.2) is 0 Å². The summed E-state index contributed by atoms with van der Waals surface area (Å²) >= 11 is 3.26. The second-order valence-corrected chi connectivity index (χ2v) is 7.85. The molecule has 3 nitrogen and oxygen atoms in total. The van der Waals surface area contributed by atoms with E-state index in [-0.39, 0.29) is 23.8 Å². The van der Waals surface area contributed by atoms with Gasteiger partial charge in [0.2, 0.25) is 0 Å². The monoisotopic (exact) mass is 438 g/mol. The molecule has 3 aromatic rings. The van der Waals surface area contributed by atoms with E-state index in [4.69, 9.17) is 4.99 Å². The smallest absolute Gasteiger partial charge is 0.137 e. The molecule has 0 aliphatic carbocycles. The fourth-order valence-corrected chi connectivity index (χ4v) is 3.86. The molecule has 0 saturated carbocycles. The van der Waals surface area contributed by atoms with Crippen LogP contribution in [-0.2, 0) is 0 Å².